The molecule has 1 aromatic heterocycles. The number of amides is 3. The summed E-state index contributed by atoms with van der Waals surface area (Å²) >= 11 is 18.2. The van der Waals surface area contributed by atoms with E-state index < -0.39 is 45.0 Å². The quantitative estimate of drug-likeness (QED) is 0.364. The van der Waals surface area contributed by atoms with E-state index >= 15 is 0 Å². The van der Waals surface area contributed by atoms with E-state index in [0.29, 0.717) is 11.4 Å². The predicted molar refractivity (Wildman–Crippen MR) is 154 cm³/mol. The van der Waals surface area contributed by atoms with Gasteiger partial charge >= 0.3 is 0 Å². The molecule has 3 amide bonds. The van der Waals surface area contributed by atoms with E-state index in [1.165, 1.54) is 9.80 Å². The second-order valence-electron chi connectivity index (χ2n) is 9.12. The lowest BCUT2D eigenvalue weighted by Crippen LogP contribution is -2.45. The minimum atomic E-state index is -2.23. The van der Waals surface area contributed by atoms with Crippen molar-refractivity contribution in [2.75, 3.05) is 16.3 Å². The smallest absolute Gasteiger partial charge is 0.279 e. The molecular formula is C27H28Cl3N5O4. The highest BCUT2D eigenvalue weighted by Gasteiger charge is 2.36. The number of benzene rings is 2. The number of anilines is 2. The molecule has 39 heavy (non-hydrogen) atoms. The third-order valence-electron chi connectivity index (χ3n) is 5.60. The topological polar surface area (TPSA) is 115 Å². The van der Waals surface area contributed by atoms with Crippen molar-refractivity contribution < 1.29 is 14.4 Å². The number of nitrogens with one attached hydrogen (secondary N) is 2. The number of carbonyl (C=O) groups is 3. The van der Waals surface area contributed by atoms with Crippen molar-refractivity contribution in [2.45, 2.75) is 43.6 Å². The summed E-state index contributed by atoms with van der Waals surface area (Å²) in [7, 11) is 0. The Kier molecular flexibility index (Phi) is 9.77. The standard InChI is InChI=1S/C27H28Cl3N5O4/c1-16(2)34(18-11-7-5-8-12-18)20(36)15-31-24(37)22-25(38)33-23(27(28,29)30)21(32-22)26(39)35(17(3)4)19-13-9-6-10-14-19/h5-14,16-17H,15H2,1-4H3,(H,31,37)(H,33,38). The highest BCUT2D eigenvalue weighted by molar-refractivity contribution is 6.66. The molecule has 0 saturated carbocycles. The normalized spacial score (nSPS) is 11.4. The van der Waals surface area contributed by atoms with Gasteiger partial charge in [0.25, 0.3) is 17.4 Å². The van der Waals surface area contributed by atoms with Crippen LogP contribution in [0, 0.1) is 0 Å². The maximum atomic E-state index is 13.7. The summed E-state index contributed by atoms with van der Waals surface area (Å²) in [5.74, 6) is -2.08. The van der Waals surface area contributed by atoms with Crippen LogP contribution in [0.5, 0.6) is 0 Å². The Hall–Kier alpha value is -3.40. The van der Waals surface area contributed by atoms with Crippen LogP contribution in [0.2, 0.25) is 0 Å². The van der Waals surface area contributed by atoms with E-state index in [0.717, 1.165) is 0 Å². The summed E-state index contributed by atoms with van der Waals surface area (Å²) in [6.07, 6.45) is 0. The van der Waals surface area contributed by atoms with Gasteiger partial charge in [-0.3, -0.25) is 19.2 Å². The summed E-state index contributed by atoms with van der Waals surface area (Å²) in [5.41, 5.74) is -1.26. The van der Waals surface area contributed by atoms with E-state index in [4.69, 9.17) is 34.8 Å². The number of rotatable bonds is 8. The van der Waals surface area contributed by atoms with E-state index in [1.807, 2.05) is 19.9 Å². The Morgan fingerprint density at radius 3 is 1.79 bits per heavy atom. The first-order valence-electron chi connectivity index (χ1n) is 12.1. The number of aromatic nitrogens is 2. The molecule has 0 saturated heterocycles. The number of aromatic amines is 1. The molecule has 2 N–H and O–H groups in total. The molecule has 0 aliphatic heterocycles. The number of H-pyrrole nitrogens is 1. The number of halogens is 3. The molecule has 0 atom stereocenters. The number of carbonyl (C=O) groups excluding carboxylic acids is 3. The van der Waals surface area contributed by atoms with Crippen molar-refractivity contribution in [3.8, 4) is 0 Å². The summed E-state index contributed by atoms with van der Waals surface area (Å²) in [6, 6.07) is 17.1. The molecule has 3 aromatic rings. The predicted octanol–water partition coefficient (Wildman–Crippen LogP) is 4.82. The van der Waals surface area contributed by atoms with E-state index in [-0.39, 0.29) is 17.8 Å². The van der Waals surface area contributed by atoms with Crippen molar-refractivity contribution in [1.29, 1.82) is 0 Å². The highest BCUT2D eigenvalue weighted by Crippen LogP contribution is 2.38. The molecule has 12 heteroatoms. The van der Waals surface area contributed by atoms with Crippen LogP contribution < -0.4 is 20.7 Å². The third-order valence-corrected chi connectivity index (χ3v) is 6.17. The fourth-order valence-electron chi connectivity index (χ4n) is 3.96. The van der Waals surface area contributed by atoms with Crippen LogP contribution in [0.1, 0.15) is 54.4 Å². The monoisotopic (exact) mass is 591 g/mol. The molecule has 0 unspecified atom stereocenters. The van der Waals surface area contributed by atoms with Gasteiger partial charge in [0.2, 0.25) is 9.70 Å². The average molecular weight is 593 g/mol. The maximum Gasteiger partial charge on any atom is 0.279 e. The molecule has 0 fully saturated rings. The first-order valence-corrected chi connectivity index (χ1v) is 13.2. The van der Waals surface area contributed by atoms with Crippen molar-refractivity contribution in [3.05, 3.63) is 88.1 Å². The largest absolute Gasteiger partial charge is 0.341 e. The lowest BCUT2D eigenvalue weighted by Gasteiger charge is -2.28. The summed E-state index contributed by atoms with van der Waals surface area (Å²) in [5, 5.41) is 2.42. The second kappa shape index (κ2) is 12.6. The van der Waals surface area contributed by atoms with Gasteiger partial charge in [0, 0.05) is 23.5 Å². The second-order valence-corrected chi connectivity index (χ2v) is 11.4. The molecule has 0 aliphatic carbocycles. The lowest BCUT2D eigenvalue weighted by atomic mass is 10.2. The Morgan fingerprint density at radius 2 is 1.33 bits per heavy atom. The lowest BCUT2D eigenvalue weighted by molar-refractivity contribution is -0.118. The number of hydrogen-bond donors (Lipinski definition) is 2. The van der Waals surface area contributed by atoms with Crippen LogP contribution in [-0.4, -0.2) is 46.3 Å². The van der Waals surface area contributed by atoms with E-state index in [2.05, 4.69) is 15.3 Å². The number of para-hydroxylation sites is 2. The van der Waals surface area contributed by atoms with Crippen LogP contribution in [0.25, 0.3) is 0 Å². The molecular weight excluding hydrogens is 565 g/mol. The maximum absolute atomic E-state index is 13.7. The van der Waals surface area contributed by atoms with Gasteiger partial charge in [-0.25, -0.2) is 4.98 Å². The SMILES string of the molecule is CC(C)N(C(=O)CNC(=O)c1nc(C(=O)N(c2ccccc2)C(C)C)c(C(Cl)(Cl)Cl)[nH]c1=O)c1ccccc1. The molecule has 0 bridgehead atoms. The first kappa shape index (κ1) is 30.1. The minimum absolute atomic E-state index is 0.203. The molecule has 9 nitrogen and oxygen atoms in total. The van der Waals surface area contributed by atoms with Crippen LogP contribution in [-0.2, 0) is 8.59 Å². The fraction of sp³-hybridized carbons (Fsp3) is 0.296. The molecule has 206 valence electrons. The van der Waals surface area contributed by atoms with Crippen molar-refractivity contribution in [3.63, 3.8) is 0 Å². The number of hydrogen-bond acceptors (Lipinski definition) is 5. The van der Waals surface area contributed by atoms with Gasteiger partial charge in [-0.1, -0.05) is 71.2 Å². The third kappa shape index (κ3) is 7.17. The molecule has 0 radical (unpaired) electrons. The Labute approximate surface area is 241 Å². The number of nitrogens with zero attached hydrogens (tertiary/aromatic N) is 3. The number of alkyl halides is 3. The Morgan fingerprint density at radius 1 is 0.846 bits per heavy atom. The summed E-state index contributed by atoms with van der Waals surface area (Å²) in [4.78, 5) is 61.8. The van der Waals surface area contributed by atoms with E-state index in [9.17, 15) is 19.2 Å². The first-order chi connectivity index (χ1) is 18.3. The zero-order chi connectivity index (χ0) is 28.9. The zero-order valence-electron chi connectivity index (χ0n) is 21.7. The Bertz CT molecular complexity index is 1390. The van der Waals surface area contributed by atoms with Crippen LogP contribution >= 0.6 is 34.8 Å². The van der Waals surface area contributed by atoms with Gasteiger partial charge in [0.1, 0.15) is 5.69 Å². The van der Waals surface area contributed by atoms with Crippen LogP contribution in [0.4, 0.5) is 11.4 Å². The molecule has 2 aromatic carbocycles. The summed E-state index contributed by atoms with van der Waals surface area (Å²) < 4.78 is -2.23. The van der Waals surface area contributed by atoms with Gasteiger partial charge in [0.15, 0.2) is 11.4 Å². The molecule has 1 heterocycles. The van der Waals surface area contributed by atoms with Crippen LogP contribution in [0.3, 0.4) is 0 Å². The highest BCUT2D eigenvalue weighted by atomic mass is 35.6. The fourth-order valence-corrected chi connectivity index (χ4v) is 4.37. The Balaban J connectivity index is 1.96. The average Bonchev–Trinajstić information content (AvgIpc) is 2.87. The molecule has 0 spiro atoms. The van der Waals surface area contributed by atoms with Gasteiger partial charge in [-0.15, -0.1) is 0 Å². The van der Waals surface area contributed by atoms with Crippen molar-refractivity contribution in [2.24, 2.45) is 0 Å². The summed E-state index contributed by atoms with van der Waals surface area (Å²) in [6.45, 7) is 6.79. The molecule has 0 aliphatic rings. The molecule has 3 rings (SSSR count). The van der Waals surface area contributed by atoms with Crippen molar-refractivity contribution in [1.82, 2.24) is 15.3 Å². The van der Waals surface area contributed by atoms with Crippen molar-refractivity contribution >= 4 is 63.9 Å². The minimum Gasteiger partial charge on any atom is -0.341 e. The van der Waals surface area contributed by atoms with Gasteiger partial charge in [0.05, 0.1) is 6.54 Å². The van der Waals surface area contributed by atoms with E-state index in [1.54, 1.807) is 68.4 Å². The van der Waals surface area contributed by atoms with Crippen LogP contribution in [0.15, 0.2) is 65.5 Å². The van der Waals surface area contributed by atoms with Gasteiger partial charge in [-0.2, -0.15) is 0 Å². The van der Waals surface area contributed by atoms with Gasteiger partial charge in [-0.05, 0) is 52.0 Å². The van der Waals surface area contributed by atoms with Gasteiger partial charge < -0.3 is 20.1 Å². The zero-order valence-corrected chi connectivity index (χ0v) is 24.0.